The largest absolute Gasteiger partial charge is 0.493 e. The third-order valence-electron chi connectivity index (χ3n) is 7.08. The quantitative estimate of drug-likeness (QED) is 0.426. The molecule has 2 aliphatic heterocycles. The first-order valence-electron chi connectivity index (χ1n) is 11.4. The van der Waals surface area contributed by atoms with Gasteiger partial charge >= 0.3 is 0 Å². The number of nitriles is 2. The first kappa shape index (κ1) is 23.5. The number of carbonyl (C=O) groups excluding carboxylic acids is 1. The van der Waals surface area contributed by atoms with Crippen LogP contribution in [0.3, 0.4) is 0 Å². The highest BCUT2D eigenvalue weighted by Gasteiger charge is 2.63. The van der Waals surface area contributed by atoms with Crippen LogP contribution in [0.1, 0.15) is 27.4 Å². The van der Waals surface area contributed by atoms with Gasteiger partial charge in [-0.1, -0.05) is 48.0 Å². The molecule has 0 bridgehead atoms. The smallest absolute Gasteiger partial charge is 0.185 e. The van der Waals surface area contributed by atoms with E-state index >= 15 is 0 Å². The Bertz CT molecular complexity index is 1440. The first-order valence-corrected chi connectivity index (χ1v) is 11.8. The van der Waals surface area contributed by atoms with Crippen LogP contribution in [0.5, 0.6) is 11.5 Å². The number of methoxy groups -OCH3 is 2. The Balaban J connectivity index is 1.78. The molecule has 7 heteroatoms. The summed E-state index contributed by atoms with van der Waals surface area (Å²) in [5.41, 5.74) is 1.27. The van der Waals surface area contributed by atoms with E-state index < -0.39 is 23.4 Å². The van der Waals surface area contributed by atoms with E-state index in [-0.39, 0.29) is 5.78 Å². The summed E-state index contributed by atoms with van der Waals surface area (Å²) < 4.78 is 10.9. The summed E-state index contributed by atoms with van der Waals surface area (Å²) in [6.07, 6.45) is 3.78. The summed E-state index contributed by atoms with van der Waals surface area (Å²) in [7, 11) is 3.06. The zero-order valence-corrected chi connectivity index (χ0v) is 20.4. The minimum atomic E-state index is -1.55. The van der Waals surface area contributed by atoms with Crippen LogP contribution in [0.25, 0.3) is 6.08 Å². The number of nitrogens with zero attached hydrogens (tertiary/aromatic N) is 3. The number of hydrogen-bond donors (Lipinski definition) is 0. The molecule has 2 aliphatic rings. The Kier molecular flexibility index (Phi) is 5.92. The normalized spacial score (nSPS) is 21.0. The van der Waals surface area contributed by atoms with Crippen LogP contribution in [-0.2, 0) is 0 Å². The first-order chi connectivity index (χ1) is 17.5. The predicted octanol–water partition coefficient (Wildman–Crippen LogP) is 5.64. The van der Waals surface area contributed by atoms with Crippen molar-refractivity contribution in [1.82, 2.24) is 0 Å². The Morgan fingerprint density at radius 3 is 2.33 bits per heavy atom. The number of carbonyl (C=O) groups is 1. The molecule has 2 heterocycles. The summed E-state index contributed by atoms with van der Waals surface area (Å²) in [6, 6.07) is 22.8. The molecule has 3 aromatic rings. The monoisotopic (exact) mass is 495 g/mol. The fourth-order valence-corrected chi connectivity index (χ4v) is 5.57. The zero-order valence-electron chi connectivity index (χ0n) is 19.7. The van der Waals surface area contributed by atoms with Crippen molar-refractivity contribution < 1.29 is 14.3 Å². The topological polar surface area (TPSA) is 86.4 Å². The van der Waals surface area contributed by atoms with Crippen molar-refractivity contribution in [3.8, 4) is 23.6 Å². The molecule has 0 aliphatic carbocycles. The van der Waals surface area contributed by atoms with E-state index in [0.29, 0.717) is 27.6 Å². The number of ether oxygens (including phenoxy) is 2. The molecule has 178 valence electrons. The number of rotatable bonds is 5. The number of Topliss-reactive ketones (excluding diaryl/α,β-unsaturated/α-hetero) is 1. The van der Waals surface area contributed by atoms with Gasteiger partial charge in [0.15, 0.2) is 22.7 Å². The number of halogens is 1. The lowest BCUT2D eigenvalue weighted by Crippen LogP contribution is -2.44. The van der Waals surface area contributed by atoms with Crippen molar-refractivity contribution in [1.29, 1.82) is 10.5 Å². The highest BCUT2D eigenvalue weighted by atomic mass is 35.5. The molecule has 1 fully saturated rings. The van der Waals surface area contributed by atoms with E-state index in [1.165, 1.54) is 14.2 Å². The third-order valence-corrected chi connectivity index (χ3v) is 7.33. The van der Waals surface area contributed by atoms with Crippen molar-refractivity contribution in [3.05, 3.63) is 94.5 Å². The van der Waals surface area contributed by atoms with Crippen LogP contribution < -0.4 is 14.4 Å². The maximum atomic E-state index is 14.2. The number of fused-ring (bicyclic) bond motifs is 3. The molecule has 36 heavy (non-hydrogen) atoms. The number of ketones is 1. The summed E-state index contributed by atoms with van der Waals surface area (Å²) in [5.74, 6) is -0.00851. The van der Waals surface area contributed by atoms with Crippen LogP contribution in [-0.4, -0.2) is 32.1 Å². The standard InChI is InChI=1S/C29H22ClN3O3/c1-35-23-13-9-20(15-24(23)36-2)26-27(28(34)19-7-11-21(30)12-8-19)33-22-6-4-3-5-18(22)10-14-25(33)29(26,16-31)17-32/h3-15,25-27H,1-2H3/t25-,26+,27-/m0/s1. The van der Waals surface area contributed by atoms with Gasteiger partial charge in [0, 0.05) is 22.2 Å². The molecule has 0 N–H and O–H groups in total. The molecule has 3 atom stereocenters. The fourth-order valence-electron chi connectivity index (χ4n) is 5.44. The number of para-hydroxylation sites is 1. The second-order valence-electron chi connectivity index (χ2n) is 8.77. The number of anilines is 1. The van der Waals surface area contributed by atoms with Crippen molar-refractivity contribution in [2.45, 2.75) is 18.0 Å². The molecular formula is C29H22ClN3O3. The SMILES string of the molecule is COc1ccc([C@@H]2[C@@H](C(=O)c3ccc(Cl)cc3)N3c4ccccc4C=C[C@H]3C2(C#N)C#N)cc1OC. The van der Waals surface area contributed by atoms with Gasteiger partial charge in [-0.2, -0.15) is 10.5 Å². The van der Waals surface area contributed by atoms with Crippen LogP contribution in [0.2, 0.25) is 5.02 Å². The molecule has 3 aromatic carbocycles. The van der Waals surface area contributed by atoms with Gasteiger partial charge in [-0.05, 0) is 53.6 Å². The fraction of sp³-hybridized carbons (Fsp3) is 0.207. The number of hydrogen-bond acceptors (Lipinski definition) is 6. The Morgan fingerprint density at radius 2 is 1.67 bits per heavy atom. The molecule has 0 spiro atoms. The molecule has 0 saturated carbocycles. The van der Waals surface area contributed by atoms with Gasteiger partial charge in [-0.15, -0.1) is 0 Å². The van der Waals surface area contributed by atoms with Gasteiger partial charge in [0.1, 0.15) is 6.04 Å². The number of benzene rings is 3. The van der Waals surface area contributed by atoms with Crippen molar-refractivity contribution in [2.75, 3.05) is 19.1 Å². The van der Waals surface area contributed by atoms with Gasteiger partial charge in [-0.25, -0.2) is 0 Å². The van der Waals surface area contributed by atoms with Gasteiger partial charge in [-0.3, -0.25) is 4.79 Å². The summed E-state index contributed by atoms with van der Waals surface area (Å²) >= 11 is 6.09. The maximum Gasteiger partial charge on any atom is 0.185 e. The minimum Gasteiger partial charge on any atom is -0.493 e. The van der Waals surface area contributed by atoms with E-state index in [9.17, 15) is 15.3 Å². The zero-order chi connectivity index (χ0) is 25.4. The Hall–Kier alpha value is -4.26. The van der Waals surface area contributed by atoms with Crippen LogP contribution in [0.4, 0.5) is 5.69 Å². The van der Waals surface area contributed by atoms with Crippen molar-refractivity contribution in [2.24, 2.45) is 5.41 Å². The second kappa shape index (κ2) is 9.07. The molecular weight excluding hydrogens is 474 g/mol. The summed E-state index contributed by atoms with van der Waals surface area (Å²) in [6.45, 7) is 0. The van der Waals surface area contributed by atoms with Crippen molar-refractivity contribution >= 4 is 29.1 Å². The van der Waals surface area contributed by atoms with Gasteiger partial charge < -0.3 is 14.4 Å². The third kappa shape index (κ3) is 3.42. The van der Waals surface area contributed by atoms with E-state index in [0.717, 1.165) is 11.3 Å². The highest BCUT2D eigenvalue weighted by Crippen LogP contribution is 2.56. The summed E-state index contributed by atoms with van der Waals surface area (Å²) in [4.78, 5) is 16.2. The second-order valence-corrected chi connectivity index (χ2v) is 9.21. The molecule has 1 saturated heterocycles. The highest BCUT2D eigenvalue weighted by molar-refractivity contribution is 6.30. The lowest BCUT2D eigenvalue weighted by Gasteiger charge is -2.35. The lowest BCUT2D eigenvalue weighted by atomic mass is 9.69. The lowest BCUT2D eigenvalue weighted by molar-refractivity contribution is 0.0951. The molecule has 0 radical (unpaired) electrons. The van der Waals surface area contributed by atoms with Crippen LogP contribution in [0, 0.1) is 28.1 Å². The minimum absolute atomic E-state index is 0.200. The average molecular weight is 496 g/mol. The van der Waals surface area contributed by atoms with E-state index in [2.05, 4.69) is 12.1 Å². The van der Waals surface area contributed by atoms with Gasteiger partial charge in [0.2, 0.25) is 0 Å². The van der Waals surface area contributed by atoms with Gasteiger partial charge in [0.05, 0.1) is 32.4 Å². The van der Waals surface area contributed by atoms with Crippen LogP contribution in [0.15, 0.2) is 72.8 Å². The van der Waals surface area contributed by atoms with E-state index in [1.54, 1.807) is 42.5 Å². The Labute approximate surface area is 214 Å². The Morgan fingerprint density at radius 1 is 0.972 bits per heavy atom. The predicted molar refractivity (Wildman–Crippen MR) is 137 cm³/mol. The van der Waals surface area contributed by atoms with Crippen LogP contribution >= 0.6 is 11.6 Å². The molecule has 6 nitrogen and oxygen atoms in total. The van der Waals surface area contributed by atoms with E-state index in [1.807, 2.05) is 41.3 Å². The molecule has 0 amide bonds. The molecule has 0 aromatic heterocycles. The molecule has 5 rings (SSSR count). The van der Waals surface area contributed by atoms with E-state index in [4.69, 9.17) is 21.1 Å². The average Bonchev–Trinajstić information content (AvgIpc) is 3.23. The van der Waals surface area contributed by atoms with Crippen molar-refractivity contribution in [3.63, 3.8) is 0 Å². The summed E-state index contributed by atoms with van der Waals surface area (Å²) in [5, 5.41) is 21.6. The maximum absolute atomic E-state index is 14.2. The molecule has 0 unspecified atom stereocenters. The van der Waals surface area contributed by atoms with Gasteiger partial charge in [0.25, 0.3) is 0 Å².